The second-order valence-electron chi connectivity index (χ2n) is 3.88. The van der Waals surface area contributed by atoms with Crippen molar-refractivity contribution in [3.05, 3.63) is 0 Å². The molecule has 1 aliphatic rings. The van der Waals surface area contributed by atoms with Gasteiger partial charge in [0, 0.05) is 6.54 Å². The van der Waals surface area contributed by atoms with Crippen molar-refractivity contribution in [2.75, 3.05) is 19.4 Å². The molecule has 6 heteroatoms. The Labute approximate surface area is 104 Å². The van der Waals surface area contributed by atoms with Crippen molar-refractivity contribution in [1.82, 2.24) is 5.32 Å². The van der Waals surface area contributed by atoms with Gasteiger partial charge < -0.3 is 10.1 Å². The second kappa shape index (κ2) is 5.77. The lowest BCUT2D eigenvalue weighted by Gasteiger charge is -2.21. The highest BCUT2D eigenvalue weighted by Gasteiger charge is 2.37. The molecule has 1 aliphatic heterocycles. The number of carbonyl (C=O) groups is 2. The summed E-state index contributed by atoms with van der Waals surface area (Å²) in [5.41, 5.74) is 0. The number of methoxy groups -OCH3 is 1. The van der Waals surface area contributed by atoms with E-state index < -0.39 is 11.3 Å². The summed E-state index contributed by atoms with van der Waals surface area (Å²) < 4.78 is 4.10. The number of esters is 1. The average molecular weight is 266 g/mol. The van der Waals surface area contributed by atoms with Crippen molar-refractivity contribution in [2.45, 2.75) is 29.9 Å². The standard InChI is InChI=1S/C10H16ClNO3S/c1-10(4-3-5-16-10)9(14)12-6-7(11)8(13)15-2/h7H,3-6H2,1-2H3,(H,12,14). The summed E-state index contributed by atoms with van der Waals surface area (Å²) >= 11 is 7.38. The van der Waals surface area contributed by atoms with Crippen LogP contribution < -0.4 is 5.32 Å². The Bertz CT molecular complexity index is 279. The van der Waals surface area contributed by atoms with E-state index >= 15 is 0 Å². The van der Waals surface area contributed by atoms with E-state index in [1.165, 1.54) is 7.11 Å². The van der Waals surface area contributed by atoms with Gasteiger partial charge in [0.15, 0.2) is 0 Å². The molecule has 4 nitrogen and oxygen atoms in total. The summed E-state index contributed by atoms with van der Waals surface area (Å²) in [7, 11) is 1.27. The molecule has 0 aromatic rings. The zero-order chi connectivity index (χ0) is 12.2. The first-order valence-electron chi connectivity index (χ1n) is 5.14. The summed E-state index contributed by atoms with van der Waals surface area (Å²) in [4.78, 5) is 22.9. The Balaban J connectivity index is 2.37. The van der Waals surface area contributed by atoms with Crippen molar-refractivity contribution < 1.29 is 14.3 Å². The molecule has 2 unspecified atom stereocenters. The molecular weight excluding hydrogens is 250 g/mol. The molecule has 0 aromatic heterocycles. The Morgan fingerprint density at radius 2 is 2.31 bits per heavy atom. The lowest BCUT2D eigenvalue weighted by molar-refractivity contribution is -0.140. The van der Waals surface area contributed by atoms with Gasteiger partial charge in [0.2, 0.25) is 5.91 Å². The molecule has 0 aromatic carbocycles. The molecule has 0 spiro atoms. The molecule has 1 rings (SSSR count). The van der Waals surface area contributed by atoms with E-state index in [4.69, 9.17) is 11.6 Å². The number of amides is 1. The van der Waals surface area contributed by atoms with Gasteiger partial charge in [-0.15, -0.1) is 23.4 Å². The molecule has 1 heterocycles. The first-order valence-corrected chi connectivity index (χ1v) is 6.56. The first-order chi connectivity index (χ1) is 7.49. The highest BCUT2D eigenvalue weighted by atomic mass is 35.5. The molecule has 0 saturated carbocycles. The number of hydrogen-bond donors (Lipinski definition) is 1. The summed E-state index contributed by atoms with van der Waals surface area (Å²) in [5, 5.41) is 1.87. The number of thioether (sulfide) groups is 1. The van der Waals surface area contributed by atoms with Crippen LogP contribution >= 0.6 is 23.4 Å². The number of rotatable bonds is 4. The average Bonchev–Trinajstić information content (AvgIpc) is 2.72. The maximum atomic E-state index is 11.8. The fourth-order valence-electron chi connectivity index (χ4n) is 1.54. The Morgan fingerprint density at radius 3 is 2.81 bits per heavy atom. The summed E-state index contributed by atoms with van der Waals surface area (Å²) in [5.74, 6) is 0.432. The van der Waals surface area contributed by atoms with Crippen molar-refractivity contribution in [3.8, 4) is 0 Å². The van der Waals surface area contributed by atoms with Crippen molar-refractivity contribution >= 4 is 35.2 Å². The maximum Gasteiger partial charge on any atom is 0.325 e. The number of hydrogen-bond acceptors (Lipinski definition) is 4. The molecule has 0 aliphatic carbocycles. The van der Waals surface area contributed by atoms with Gasteiger partial charge in [-0.2, -0.15) is 0 Å². The highest BCUT2D eigenvalue weighted by molar-refractivity contribution is 8.01. The Kier molecular flexibility index (Phi) is 4.92. The van der Waals surface area contributed by atoms with Gasteiger partial charge in [-0.25, -0.2) is 0 Å². The highest BCUT2D eigenvalue weighted by Crippen LogP contribution is 2.37. The number of halogens is 1. The third-order valence-corrected chi connectivity index (χ3v) is 4.45. The zero-order valence-corrected chi connectivity index (χ0v) is 11.0. The molecule has 1 saturated heterocycles. The van der Waals surface area contributed by atoms with Crippen molar-refractivity contribution in [3.63, 3.8) is 0 Å². The van der Waals surface area contributed by atoms with Gasteiger partial charge >= 0.3 is 5.97 Å². The van der Waals surface area contributed by atoms with Crippen LogP contribution in [0, 0.1) is 0 Å². The van der Waals surface area contributed by atoms with Crippen LogP contribution in [0.15, 0.2) is 0 Å². The molecule has 1 N–H and O–H groups in total. The Morgan fingerprint density at radius 1 is 1.62 bits per heavy atom. The van der Waals surface area contributed by atoms with Crippen LogP contribution in [0.4, 0.5) is 0 Å². The monoisotopic (exact) mass is 265 g/mol. The van der Waals surface area contributed by atoms with Gasteiger partial charge in [0.1, 0.15) is 5.38 Å². The van der Waals surface area contributed by atoms with Crippen LogP contribution in [-0.4, -0.2) is 41.4 Å². The topological polar surface area (TPSA) is 55.4 Å². The van der Waals surface area contributed by atoms with E-state index in [0.717, 1.165) is 18.6 Å². The van der Waals surface area contributed by atoms with Crippen LogP contribution in [0.1, 0.15) is 19.8 Å². The van der Waals surface area contributed by atoms with E-state index in [9.17, 15) is 9.59 Å². The van der Waals surface area contributed by atoms with E-state index in [1.807, 2.05) is 6.92 Å². The molecule has 2 atom stereocenters. The van der Waals surface area contributed by atoms with E-state index in [0.29, 0.717) is 0 Å². The van der Waals surface area contributed by atoms with Crippen LogP contribution in [-0.2, 0) is 14.3 Å². The first kappa shape index (κ1) is 13.6. The third-order valence-electron chi connectivity index (χ3n) is 2.60. The predicted molar refractivity (Wildman–Crippen MR) is 64.8 cm³/mol. The predicted octanol–water partition coefficient (Wildman–Crippen LogP) is 1.17. The van der Waals surface area contributed by atoms with E-state index in [2.05, 4.69) is 10.1 Å². The SMILES string of the molecule is COC(=O)C(Cl)CNC(=O)C1(C)CCCS1. The van der Waals surface area contributed by atoms with Crippen LogP contribution in [0.3, 0.4) is 0 Å². The van der Waals surface area contributed by atoms with Gasteiger partial charge in [0.25, 0.3) is 0 Å². The summed E-state index contributed by atoms with van der Waals surface area (Å²) in [6.07, 6.45) is 1.92. The number of nitrogens with one attached hydrogen (secondary N) is 1. The van der Waals surface area contributed by atoms with E-state index in [1.54, 1.807) is 11.8 Å². The maximum absolute atomic E-state index is 11.8. The zero-order valence-electron chi connectivity index (χ0n) is 9.42. The Hall–Kier alpha value is -0.420. The lowest BCUT2D eigenvalue weighted by Crippen LogP contribution is -2.44. The molecule has 1 fully saturated rings. The number of carbonyl (C=O) groups excluding carboxylic acids is 2. The number of ether oxygens (including phenoxy) is 1. The van der Waals surface area contributed by atoms with Crippen LogP contribution in [0.25, 0.3) is 0 Å². The quantitative estimate of drug-likeness (QED) is 0.612. The summed E-state index contributed by atoms with van der Waals surface area (Å²) in [6, 6.07) is 0. The fraction of sp³-hybridized carbons (Fsp3) is 0.800. The molecular formula is C10H16ClNO3S. The van der Waals surface area contributed by atoms with Gasteiger partial charge in [-0.3, -0.25) is 9.59 Å². The van der Waals surface area contributed by atoms with E-state index in [-0.39, 0.29) is 17.2 Å². The van der Waals surface area contributed by atoms with Gasteiger partial charge in [-0.1, -0.05) is 0 Å². The van der Waals surface area contributed by atoms with Crippen LogP contribution in [0.5, 0.6) is 0 Å². The molecule has 92 valence electrons. The van der Waals surface area contributed by atoms with Gasteiger partial charge in [0.05, 0.1) is 11.9 Å². The van der Waals surface area contributed by atoms with Gasteiger partial charge in [-0.05, 0) is 25.5 Å². The summed E-state index contributed by atoms with van der Waals surface area (Å²) in [6.45, 7) is 2.03. The smallest absolute Gasteiger partial charge is 0.325 e. The second-order valence-corrected chi connectivity index (χ2v) is 6.01. The minimum absolute atomic E-state index is 0.0513. The minimum Gasteiger partial charge on any atom is -0.468 e. The third kappa shape index (κ3) is 3.28. The van der Waals surface area contributed by atoms with Crippen molar-refractivity contribution in [2.24, 2.45) is 0 Å². The van der Waals surface area contributed by atoms with Crippen molar-refractivity contribution in [1.29, 1.82) is 0 Å². The molecule has 1 amide bonds. The molecule has 0 radical (unpaired) electrons. The molecule has 16 heavy (non-hydrogen) atoms. The molecule has 0 bridgehead atoms. The normalized spacial score (nSPS) is 26.2. The van der Waals surface area contributed by atoms with Crippen LogP contribution in [0.2, 0.25) is 0 Å². The number of alkyl halides is 1. The fourth-order valence-corrected chi connectivity index (χ4v) is 2.94. The minimum atomic E-state index is -0.816. The largest absolute Gasteiger partial charge is 0.468 e. The lowest BCUT2D eigenvalue weighted by atomic mass is 10.1.